The van der Waals surface area contributed by atoms with E-state index in [9.17, 15) is 4.79 Å². The Morgan fingerprint density at radius 3 is 2.31 bits per heavy atom. The van der Waals surface area contributed by atoms with Gasteiger partial charge < -0.3 is 23.9 Å². The van der Waals surface area contributed by atoms with E-state index in [0.717, 1.165) is 16.4 Å². The van der Waals surface area contributed by atoms with Crippen molar-refractivity contribution in [3.05, 3.63) is 60.7 Å². The van der Waals surface area contributed by atoms with Crippen molar-refractivity contribution in [3.8, 4) is 17.2 Å². The molecule has 0 spiro atoms. The summed E-state index contributed by atoms with van der Waals surface area (Å²) in [4.78, 5) is 12.7. The smallest absolute Gasteiger partial charge is 0.265 e. The fraction of sp³-hybridized carbons (Fsp3) is 0.174. The summed E-state index contributed by atoms with van der Waals surface area (Å²) in [6, 6.07) is 18.6. The molecule has 1 aromatic heterocycles. The van der Waals surface area contributed by atoms with Crippen molar-refractivity contribution in [2.75, 3.05) is 19.5 Å². The number of ether oxygens (including phenoxy) is 3. The standard InChI is InChI=1S/C23H21NO5/c1-14(28-20-11-7-6-10-19(20)26-2)23(25)24-17-13-21-16(12-22(17)27-3)15-8-4-5-9-18(15)29-21/h4-14H,1-3H3,(H,24,25). The number of fused-ring (bicyclic) bond motifs is 3. The molecule has 1 atom stereocenters. The SMILES string of the molecule is COc1cc2c(cc1NC(=O)C(C)Oc1ccccc1OC)oc1ccccc12. The molecule has 0 aliphatic rings. The Hall–Kier alpha value is -3.67. The Morgan fingerprint density at radius 1 is 0.862 bits per heavy atom. The van der Waals surface area contributed by atoms with Crippen molar-refractivity contribution in [1.82, 2.24) is 0 Å². The lowest BCUT2D eigenvalue weighted by Crippen LogP contribution is -2.30. The van der Waals surface area contributed by atoms with Gasteiger partial charge >= 0.3 is 0 Å². The topological polar surface area (TPSA) is 69.9 Å². The zero-order valence-electron chi connectivity index (χ0n) is 16.4. The van der Waals surface area contributed by atoms with Crippen LogP contribution in [0.25, 0.3) is 21.9 Å². The lowest BCUT2D eigenvalue weighted by Gasteiger charge is -2.17. The van der Waals surface area contributed by atoms with Crippen LogP contribution in [0.2, 0.25) is 0 Å². The van der Waals surface area contributed by atoms with Crippen LogP contribution in [-0.2, 0) is 4.79 Å². The van der Waals surface area contributed by atoms with Crippen molar-refractivity contribution in [3.63, 3.8) is 0 Å². The van der Waals surface area contributed by atoms with Gasteiger partial charge in [0, 0.05) is 16.8 Å². The zero-order chi connectivity index (χ0) is 20.4. The van der Waals surface area contributed by atoms with Crippen molar-refractivity contribution in [1.29, 1.82) is 0 Å². The van der Waals surface area contributed by atoms with Gasteiger partial charge in [0.15, 0.2) is 17.6 Å². The quantitative estimate of drug-likeness (QED) is 0.500. The van der Waals surface area contributed by atoms with Gasteiger partial charge in [-0.2, -0.15) is 0 Å². The van der Waals surface area contributed by atoms with Gasteiger partial charge in [-0.3, -0.25) is 4.79 Å². The third-order valence-electron chi connectivity index (χ3n) is 4.70. The monoisotopic (exact) mass is 391 g/mol. The zero-order valence-corrected chi connectivity index (χ0v) is 16.4. The fourth-order valence-corrected chi connectivity index (χ4v) is 3.21. The summed E-state index contributed by atoms with van der Waals surface area (Å²) < 4.78 is 22.4. The van der Waals surface area contributed by atoms with E-state index in [1.54, 1.807) is 39.3 Å². The molecule has 1 unspecified atom stereocenters. The summed E-state index contributed by atoms with van der Waals surface area (Å²) in [5.41, 5.74) is 1.96. The summed E-state index contributed by atoms with van der Waals surface area (Å²) in [7, 11) is 3.12. The molecule has 4 aromatic rings. The van der Waals surface area contributed by atoms with Gasteiger partial charge in [-0.05, 0) is 31.2 Å². The van der Waals surface area contributed by atoms with Crippen molar-refractivity contribution < 1.29 is 23.4 Å². The second-order valence-electron chi connectivity index (χ2n) is 6.55. The molecule has 0 aliphatic heterocycles. The molecule has 4 rings (SSSR count). The summed E-state index contributed by atoms with van der Waals surface area (Å²) in [5, 5.41) is 4.78. The molecular formula is C23H21NO5. The van der Waals surface area contributed by atoms with E-state index >= 15 is 0 Å². The first-order valence-electron chi connectivity index (χ1n) is 9.20. The van der Waals surface area contributed by atoms with Crippen LogP contribution in [0.3, 0.4) is 0 Å². The molecule has 6 nitrogen and oxygen atoms in total. The third kappa shape index (κ3) is 3.57. The molecule has 0 aliphatic carbocycles. The third-order valence-corrected chi connectivity index (χ3v) is 4.70. The van der Waals surface area contributed by atoms with Gasteiger partial charge in [-0.1, -0.05) is 30.3 Å². The first-order valence-corrected chi connectivity index (χ1v) is 9.20. The Labute approximate surface area is 168 Å². The Morgan fingerprint density at radius 2 is 1.55 bits per heavy atom. The molecule has 0 saturated carbocycles. The van der Waals surface area contributed by atoms with Crippen LogP contribution >= 0.6 is 0 Å². The van der Waals surface area contributed by atoms with Gasteiger partial charge in [0.1, 0.15) is 16.9 Å². The number of carbonyl (C=O) groups is 1. The number of rotatable bonds is 6. The predicted molar refractivity (Wildman–Crippen MR) is 112 cm³/mol. The van der Waals surface area contributed by atoms with Crippen LogP contribution in [0, 0.1) is 0 Å². The number of anilines is 1. The largest absolute Gasteiger partial charge is 0.495 e. The lowest BCUT2D eigenvalue weighted by molar-refractivity contribution is -0.122. The van der Waals surface area contributed by atoms with Crippen LogP contribution in [0.1, 0.15) is 6.92 Å². The molecule has 6 heteroatoms. The summed E-state index contributed by atoms with van der Waals surface area (Å²) in [6.07, 6.45) is -0.748. The maximum atomic E-state index is 12.7. The van der Waals surface area contributed by atoms with Crippen LogP contribution in [0.15, 0.2) is 65.1 Å². The molecule has 1 N–H and O–H groups in total. The highest BCUT2D eigenvalue weighted by Crippen LogP contribution is 2.36. The second kappa shape index (κ2) is 7.75. The molecule has 148 valence electrons. The molecule has 0 fully saturated rings. The molecule has 0 bridgehead atoms. The lowest BCUT2D eigenvalue weighted by atomic mass is 10.1. The van der Waals surface area contributed by atoms with Gasteiger partial charge in [-0.25, -0.2) is 0 Å². The predicted octanol–water partition coefficient (Wildman–Crippen LogP) is 5.01. The molecule has 29 heavy (non-hydrogen) atoms. The number of carbonyl (C=O) groups excluding carboxylic acids is 1. The van der Waals surface area contributed by atoms with Crippen LogP contribution in [-0.4, -0.2) is 26.2 Å². The highest BCUT2D eigenvalue weighted by Gasteiger charge is 2.20. The fourth-order valence-electron chi connectivity index (χ4n) is 3.21. The second-order valence-corrected chi connectivity index (χ2v) is 6.55. The van der Waals surface area contributed by atoms with Crippen molar-refractivity contribution in [2.24, 2.45) is 0 Å². The van der Waals surface area contributed by atoms with E-state index in [0.29, 0.717) is 28.5 Å². The minimum absolute atomic E-state index is 0.315. The molecule has 3 aromatic carbocycles. The first kappa shape index (κ1) is 18.7. The highest BCUT2D eigenvalue weighted by atomic mass is 16.5. The van der Waals surface area contributed by atoms with Gasteiger partial charge in [0.05, 0.1) is 19.9 Å². The minimum atomic E-state index is -0.748. The normalized spacial score (nSPS) is 12.0. The maximum Gasteiger partial charge on any atom is 0.265 e. The van der Waals surface area contributed by atoms with Crippen molar-refractivity contribution >= 4 is 33.5 Å². The number of amides is 1. The molecular weight excluding hydrogens is 370 g/mol. The molecule has 0 saturated heterocycles. The van der Waals surface area contributed by atoms with Gasteiger partial charge in [0.25, 0.3) is 5.91 Å². The highest BCUT2D eigenvalue weighted by molar-refractivity contribution is 6.08. The molecule has 1 heterocycles. The molecule has 1 amide bonds. The van der Waals surface area contributed by atoms with E-state index in [1.807, 2.05) is 42.5 Å². The minimum Gasteiger partial charge on any atom is -0.495 e. The number of benzene rings is 3. The number of hydrogen-bond donors (Lipinski definition) is 1. The number of hydrogen-bond acceptors (Lipinski definition) is 5. The van der Waals surface area contributed by atoms with Crippen molar-refractivity contribution in [2.45, 2.75) is 13.0 Å². The number of nitrogens with one attached hydrogen (secondary N) is 1. The van der Waals surface area contributed by atoms with E-state index in [-0.39, 0.29) is 5.91 Å². The average Bonchev–Trinajstić information content (AvgIpc) is 3.10. The van der Waals surface area contributed by atoms with Crippen LogP contribution < -0.4 is 19.5 Å². The number of para-hydroxylation sites is 3. The maximum absolute atomic E-state index is 12.7. The molecule has 0 radical (unpaired) electrons. The number of furan rings is 1. The van der Waals surface area contributed by atoms with Gasteiger partial charge in [0.2, 0.25) is 0 Å². The summed E-state index contributed by atoms with van der Waals surface area (Å²) in [5.74, 6) is 1.29. The Balaban J connectivity index is 1.60. The summed E-state index contributed by atoms with van der Waals surface area (Å²) in [6.45, 7) is 1.67. The van der Waals surface area contributed by atoms with E-state index < -0.39 is 6.10 Å². The van der Waals surface area contributed by atoms with Gasteiger partial charge in [-0.15, -0.1) is 0 Å². The number of methoxy groups -OCH3 is 2. The van der Waals surface area contributed by atoms with E-state index in [1.165, 1.54) is 0 Å². The average molecular weight is 391 g/mol. The van der Waals surface area contributed by atoms with E-state index in [2.05, 4.69) is 5.32 Å². The van der Waals surface area contributed by atoms with Crippen LogP contribution in [0.4, 0.5) is 5.69 Å². The first-order chi connectivity index (χ1) is 14.1. The van der Waals surface area contributed by atoms with Crippen LogP contribution in [0.5, 0.6) is 17.2 Å². The Bertz CT molecular complexity index is 1180. The summed E-state index contributed by atoms with van der Waals surface area (Å²) >= 11 is 0. The Kier molecular flexibility index (Phi) is 4.99. The van der Waals surface area contributed by atoms with E-state index in [4.69, 9.17) is 18.6 Å².